The van der Waals surface area contributed by atoms with Crippen molar-refractivity contribution >= 4 is 68.4 Å². The van der Waals surface area contributed by atoms with E-state index in [0.717, 1.165) is 31.6 Å². The number of aromatic nitrogens is 2. The molecule has 33 heavy (non-hydrogen) atoms. The minimum Gasteiger partial charge on any atom is -0.299 e. The average molecular weight is 530 g/mol. The molecule has 0 atom stereocenters. The van der Waals surface area contributed by atoms with E-state index in [1.807, 2.05) is 36.6 Å². The number of benzene rings is 1. The van der Waals surface area contributed by atoms with Crippen molar-refractivity contribution in [2.24, 2.45) is 0 Å². The van der Waals surface area contributed by atoms with Crippen molar-refractivity contribution < 1.29 is 4.57 Å². The van der Waals surface area contributed by atoms with Crippen LogP contribution in [-0.4, -0.2) is 4.57 Å². The van der Waals surface area contributed by atoms with Crippen molar-refractivity contribution in [2.75, 3.05) is 0 Å². The molecular weight excluding hydrogens is 508 g/mol. The first-order valence-corrected chi connectivity index (χ1v) is 14.1. The van der Waals surface area contributed by atoms with Crippen LogP contribution in [0.15, 0.2) is 56.3 Å². The van der Waals surface area contributed by atoms with E-state index < -0.39 is 0 Å². The van der Waals surface area contributed by atoms with Crippen molar-refractivity contribution in [1.82, 2.24) is 4.57 Å². The Morgan fingerprint density at radius 3 is 2.88 bits per heavy atom. The van der Waals surface area contributed by atoms with Gasteiger partial charge in [0.1, 0.15) is 9.20 Å². The fraction of sp³-hybridized carbons (Fsp3) is 0.200. The van der Waals surface area contributed by atoms with Crippen LogP contribution >= 0.6 is 57.4 Å². The summed E-state index contributed by atoms with van der Waals surface area (Å²) in [6.07, 6.45) is 4.21. The van der Waals surface area contributed by atoms with E-state index >= 15 is 0 Å². The number of rotatable bonds is 6. The van der Waals surface area contributed by atoms with Gasteiger partial charge >= 0.3 is 0 Å². The van der Waals surface area contributed by atoms with Crippen LogP contribution in [0.2, 0.25) is 5.02 Å². The second-order valence-electron chi connectivity index (χ2n) is 7.18. The third kappa shape index (κ3) is 5.53. The fourth-order valence-electron chi connectivity index (χ4n) is 3.26. The number of hydrogen-bond acceptors (Lipinski definition) is 5. The van der Waals surface area contributed by atoms with Crippen LogP contribution in [0.5, 0.6) is 0 Å². The molecule has 3 heterocycles. The van der Waals surface area contributed by atoms with Crippen LogP contribution in [0.1, 0.15) is 30.0 Å². The van der Waals surface area contributed by atoms with Crippen LogP contribution in [0, 0.1) is 18.8 Å². The zero-order valence-corrected chi connectivity index (χ0v) is 22.4. The van der Waals surface area contributed by atoms with Gasteiger partial charge < -0.3 is 0 Å². The molecule has 0 saturated carbocycles. The van der Waals surface area contributed by atoms with Gasteiger partial charge in [0.05, 0.1) is 16.4 Å². The molecule has 0 spiro atoms. The van der Waals surface area contributed by atoms with Gasteiger partial charge in [0.15, 0.2) is 12.7 Å². The lowest BCUT2D eigenvalue weighted by molar-refractivity contribution is -0.685. The first kappa shape index (κ1) is 24.1. The predicted molar refractivity (Wildman–Crippen MR) is 144 cm³/mol. The summed E-state index contributed by atoms with van der Waals surface area (Å²) in [4.78, 5) is 15.1. The minimum absolute atomic E-state index is 0.000350. The van der Waals surface area contributed by atoms with Gasteiger partial charge in [-0.2, -0.15) is 15.9 Å². The SMILES string of the molecule is CC#C/C(Sc1cc(Cl)ccc1C)=c1\s/c(=C\c2scc[n+]2Cc2ccsc2)n(CC)c1=O. The molecular formula is C25H22ClN2OS4+. The van der Waals surface area contributed by atoms with Crippen molar-refractivity contribution in [1.29, 1.82) is 0 Å². The maximum absolute atomic E-state index is 13.4. The van der Waals surface area contributed by atoms with Gasteiger partial charge in [0.2, 0.25) is 0 Å². The minimum atomic E-state index is -0.000350. The van der Waals surface area contributed by atoms with E-state index in [9.17, 15) is 4.79 Å². The van der Waals surface area contributed by atoms with Gasteiger partial charge in [-0.1, -0.05) is 46.7 Å². The number of thioether (sulfide) groups is 1. The van der Waals surface area contributed by atoms with Crippen LogP contribution in [-0.2, 0) is 13.1 Å². The quantitative estimate of drug-likeness (QED) is 0.197. The lowest BCUT2D eigenvalue weighted by atomic mass is 10.2. The van der Waals surface area contributed by atoms with E-state index in [1.165, 1.54) is 28.7 Å². The highest BCUT2D eigenvalue weighted by Gasteiger charge is 2.15. The van der Waals surface area contributed by atoms with Crippen molar-refractivity contribution in [3.8, 4) is 11.8 Å². The fourth-order valence-corrected chi connectivity index (χ4v) is 7.28. The molecule has 0 N–H and O–H groups in total. The number of thiophene rings is 1. The summed E-state index contributed by atoms with van der Waals surface area (Å²) in [5.41, 5.74) is 2.38. The maximum Gasteiger partial charge on any atom is 0.270 e. The normalized spacial score (nSPS) is 12.5. The first-order valence-electron chi connectivity index (χ1n) is 10.3. The zero-order valence-electron chi connectivity index (χ0n) is 18.4. The third-order valence-corrected chi connectivity index (χ3v) is 9.18. The van der Waals surface area contributed by atoms with E-state index in [-0.39, 0.29) is 5.56 Å². The Balaban J connectivity index is 1.85. The molecule has 0 bridgehead atoms. The van der Waals surface area contributed by atoms with Gasteiger partial charge in [-0.25, -0.2) is 0 Å². The summed E-state index contributed by atoms with van der Waals surface area (Å²) in [6, 6.07) is 7.93. The highest BCUT2D eigenvalue weighted by atomic mass is 35.5. The molecule has 4 aromatic rings. The topological polar surface area (TPSA) is 25.9 Å². The highest BCUT2D eigenvalue weighted by Crippen LogP contribution is 2.31. The number of hydrogen-bond donors (Lipinski definition) is 0. The molecule has 0 radical (unpaired) electrons. The Kier molecular flexibility index (Phi) is 7.94. The van der Waals surface area contributed by atoms with Gasteiger partial charge in [-0.3, -0.25) is 9.36 Å². The van der Waals surface area contributed by atoms with Crippen LogP contribution in [0.25, 0.3) is 11.0 Å². The standard InChI is InChI=1S/C25H22ClN2OS4/c1-4-6-20(32-21-13-19(26)8-7-17(21)3)24-25(29)28(5-2)23(33-24)14-22-27(10-12-31-22)15-18-9-11-30-16-18/h7-14,16H,5,15H2,1-3H3/q+1/b24-20+. The Hall–Kier alpha value is -2.08. The van der Waals surface area contributed by atoms with E-state index in [4.69, 9.17) is 11.6 Å². The highest BCUT2D eigenvalue weighted by molar-refractivity contribution is 8.08. The van der Waals surface area contributed by atoms with Crippen molar-refractivity contribution in [2.45, 2.75) is 38.8 Å². The molecule has 3 nitrogen and oxygen atoms in total. The van der Waals surface area contributed by atoms with E-state index in [0.29, 0.717) is 16.1 Å². The number of thiazole rings is 2. The number of halogens is 1. The molecule has 4 rings (SSSR count). The molecule has 0 aliphatic heterocycles. The second kappa shape index (κ2) is 10.9. The van der Waals surface area contributed by atoms with Gasteiger partial charge in [0.25, 0.3) is 10.6 Å². The van der Waals surface area contributed by atoms with Gasteiger partial charge in [0, 0.05) is 27.4 Å². The summed E-state index contributed by atoms with van der Waals surface area (Å²) in [5, 5.41) is 8.12. The Morgan fingerprint density at radius 1 is 1.30 bits per heavy atom. The van der Waals surface area contributed by atoms with Gasteiger partial charge in [-0.05, 0) is 49.9 Å². The average Bonchev–Trinajstić information content (AvgIpc) is 3.53. The monoisotopic (exact) mass is 529 g/mol. The summed E-state index contributed by atoms with van der Waals surface area (Å²) in [6.45, 7) is 7.25. The molecule has 0 saturated heterocycles. The summed E-state index contributed by atoms with van der Waals surface area (Å²) >= 11 is 12.6. The largest absolute Gasteiger partial charge is 0.299 e. The van der Waals surface area contributed by atoms with E-state index in [1.54, 1.807) is 29.6 Å². The van der Waals surface area contributed by atoms with Gasteiger partial charge in [-0.15, -0.1) is 17.3 Å². The molecule has 168 valence electrons. The maximum atomic E-state index is 13.4. The number of aryl methyl sites for hydroxylation is 1. The smallest absolute Gasteiger partial charge is 0.270 e. The summed E-state index contributed by atoms with van der Waals surface area (Å²) < 4.78 is 5.65. The Labute approximate surface area is 214 Å². The molecule has 0 amide bonds. The third-order valence-electron chi connectivity index (χ3n) is 4.93. The van der Waals surface area contributed by atoms with Crippen molar-refractivity contribution in [3.63, 3.8) is 0 Å². The lowest BCUT2D eigenvalue weighted by Gasteiger charge is -2.05. The Bertz CT molecular complexity index is 1510. The van der Waals surface area contributed by atoms with Crippen LogP contribution in [0.4, 0.5) is 0 Å². The lowest BCUT2D eigenvalue weighted by Crippen LogP contribution is -2.35. The van der Waals surface area contributed by atoms with Crippen LogP contribution < -0.4 is 19.3 Å². The molecule has 0 unspecified atom stereocenters. The molecule has 0 aliphatic rings. The second-order valence-corrected chi connectivity index (χ2v) is 11.4. The molecule has 3 aromatic heterocycles. The molecule has 0 fully saturated rings. The van der Waals surface area contributed by atoms with E-state index in [2.05, 4.69) is 50.9 Å². The number of nitrogens with zero attached hydrogens (tertiary/aromatic N) is 2. The Morgan fingerprint density at radius 2 is 2.15 bits per heavy atom. The summed E-state index contributed by atoms with van der Waals surface area (Å²) in [7, 11) is 0. The zero-order chi connectivity index (χ0) is 23.4. The molecule has 1 aromatic carbocycles. The van der Waals surface area contributed by atoms with Crippen LogP contribution in [0.3, 0.4) is 0 Å². The first-order chi connectivity index (χ1) is 16.0. The molecule has 0 aliphatic carbocycles. The van der Waals surface area contributed by atoms with Crippen molar-refractivity contribution in [3.05, 3.63) is 87.3 Å². The molecule has 8 heteroatoms. The summed E-state index contributed by atoms with van der Waals surface area (Å²) in [5.74, 6) is 6.15. The predicted octanol–water partition coefficient (Wildman–Crippen LogP) is 5.10.